The minimum absolute atomic E-state index is 0.0617. The molecule has 0 bridgehead atoms. The number of carboxylic acids is 1. The summed E-state index contributed by atoms with van der Waals surface area (Å²) in [5.74, 6) is -1.17. The molecule has 0 aliphatic carbocycles. The third kappa shape index (κ3) is 3.24. The lowest BCUT2D eigenvalue weighted by atomic mass is 10.2. The van der Waals surface area contributed by atoms with Crippen molar-refractivity contribution >= 4 is 15.8 Å². The zero-order chi connectivity index (χ0) is 14.8. The van der Waals surface area contributed by atoms with E-state index in [4.69, 9.17) is 5.11 Å². The molecule has 0 atom stereocenters. The standard InChI is InChI=1S/C13H14N2O4S/c1-10-8-14-15(9-10)6-7-20(18,19)12-4-2-11(3-5-12)13(16)17/h2-5,8-9H,6-7H2,1H3,(H,16,17). The summed E-state index contributed by atoms with van der Waals surface area (Å²) in [6, 6.07) is 5.20. The van der Waals surface area contributed by atoms with Gasteiger partial charge in [-0.05, 0) is 36.8 Å². The van der Waals surface area contributed by atoms with Crippen molar-refractivity contribution in [1.82, 2.24) is 9.78 Å². The molecule has 0 saturated heterocycles. The lowest BCUT2D eigenvalue weighted by Crippen LogP contribution is -2.13. The summed E-state index contributed by atoms with van der Waals surface area (Å²) in [4.78, 5) is 10.8. The normalized spacial score (nSPS) is 11.4. The molecule has 0 unspecified atom stereocenters. The van der Waals surface area contributed by atoms with E-state index in [2.05, 4.69) is 5.10 Å². The van der Waals surface area contributed by atoms with Crippen LogP contribution in [0, 0.1) is 6.92 Å². The van der Waals surface area contributed by atoms with Crippen molar-refractivity contribution in [1.29, 1.82) is 0 Å². The number of nitrogens with zero attached hydrogens (tertiary/aromatic N) is 2. The van der Waals surface area contributed by atoms with Crippen molar-refractivity contribution in [3.63, 3.8) is 0 Å². The first-order chi connectivity index (χ1) is 9.38. The summed E-state index contributed by atoms with van der Waals surface area (Å²) in [6.45, 7) is 2.14. The fourth-order valence-electron chi connectivity index (χ4n) is 1.73. The molecule has 0 aliphatic rings. The van der Waals surface area contributed by atoms with Crippen molar-refractivity contribution in [2.24, 2.45) is 0 Å². The molecule has 20 heavy (non-hydrogen) atoms. The first kappa shape index (κ1) is 14.3. The number of aromatic nitrogens is 2. The van der Waals surface area contributed by atoms with E-state index in [0.717, 1.165) is 5.56 Å². The van der Waals surface area contributed by atoms with E-state index in [1.54, 1.807) is 17.1 Å². The van der Waals surface area contributed by atoms with E-state index in [0.29, 0.717) is 0 Å². The second-order valence-electron chi connectivity index (χ2n) is 4.43. The number of carbonyl (C=O) groups is 1. The Morgan fingerprint density at radius 2 is 1.95 bits per heavy atom. The molecule has 1 heterocycles. The minimum Gasteiger partial charge on any atom is -0.478 e. The molecule has 2 aromatic rings. The molecule has 0 spiro atoms. The summed E-state index contributed by atoms with van der Waals surface area (Å²) in [7, 11) is -3.45. The van der Waals surface area contributed by atoms with E-state index < -0.39 is 15.8 Å². The van der Waals surface area contributed by atoms with Gasteiger partial charge in [-0.2, -0.15) is 5.10 Å². The van der Waals surface area contributed by atoms with Crippen LogP contribution < -0.4 is 0 Å². The third-order valence-electron chi connectivity index (χ3n) is 2.81. The van der Waals surface area contributed by atoms with Gasteiger partial charge in [0, 0.05) is 6.20 Å². The fourth-order valence-corrected chi connectivity index (χ4v) is 2.94. The maximum Gasteiger partial charge on any atom is 0.335 e. The van der Waals surface area contributed by atoms with Crippen LogP contribution in [0.2, 0.25) is 0 Å². The number of carboxylic acid groups (broad SMARTS) is 1. The van der Waals surface area contributed by atoms with Crippen LogP contribution in [0.1, 0.15) is 15.9 Å². The summed E-state index contributed by atoms with van der Waals surface area (Å²) < 4.78 is 25.8. The van der Waals surface area contributed by atoms with Crippen LogP contribution >= 0.6 is 0 Å². The molecule has 6 nitrogen and oxygen atoms in total. The minimum atomic E-state index is -3.45. The van der Waals surface area contributed by atoms with Gasteiger partial charge in [0.1, 0.15) is 0 Å². The molecule has 106 valence electrons. The van der Waals surface area contributed by atoms with Crippen molar-refractivity contribution in [2.75, 3.05) is 5.75 Å². The molecule has 1 N–H and O–H groups in total. The highest BCUT2D eigenvalue weighted by Gasteiger charge is 2.15. The molecular formula is C13H14N2O4S. The Balaban J connectivity index is 2.11. The molecule has 0 fully saturated rings. The van der Waals surface area contributed by atoms with Gasteiger partial charge in [0.05, 0.1) is 29.0 Å². The smallest absolute Gasteiger partial charge is 0.335 e. The summed E-state index contributed by atoms with van der Waals surface area (Å²) in [6.07, 6.45) is 3.43. The Kier molecular flexibility index (Phi) is 3.89. The fraction of sp³-hybridized carbons (Fsp3) is 0.231. The quantitative estimate of drug-likeness (QED) is 0.899. The Labute approximate surface area is 116 Å². The Bertz CT molecular complexity index is 717. The van der Waals surface area contributed by atoms with E-state index in [9.17, 15) is 13.2 Å². The van der Waals surface area contributed by atoms with Crippen molar-refractivity contribution < 1.29 is 18.3 Å². The average Bonchev–Trinajstić information content (AvgIpc) is 2.82. The molecule has 2 rings (SSSR count). The van der Waals surface area contributed by atoms with E-state index in [1.807, 2.05) is 6.92 Å². The van der Waals surface area contributed by atoms with Crippen molar-refractivity contribution in [3.8, 4) is 0 Å². The van der Waals surface area contributed by atoms with Crippen LogP contribution in [-0.2, 0) is 16.4 Å². The van der Waals surface area contributed by atoms with E-state index in [1.165, 1.54) is 24.3 Å². The molecule has 0 amide bonds. The van der Waals surface area contributed by atoms with Gasteiger partial charge in [-0.15, -0.1) is 0 Å². The molecular weight excluding hydrogens is 280 g/mol. The monoisotopic (exact) mass is 294 g/mol. The van der Waals surface area contributed by atoms with Gasteiger partial charge in [0.25, 0.3) is 0 Å². The van der Waals surface area contributed by atoms with Gasteiger partial charge in [0.15, 0.2) is 9.84 Å². The molecule has 0 aliphatic heterocycles. The van der Waals surface area contributed by atoms with Crippen molar-refractivity contribution in [2.45, 2.75) is 18.4 Å². The average molecular weight is 294 g/mol. The number of sulfone groups is 1. The zero-order valence-electron chi connectivity index (χ0n) is 10.9. The van der Waals surface area contributed by atoms with Gasteiger partial charge in [0.2, 0.25) is 0 Å². The second-order valence-corrected chi connectivity index (χ2v) is 6.54. The maximum absolute atomic E-state index is 12.1. The predicted molar refractivity (Wildman–Crippen MR) is 72.4 cm³/mol. The van der Waals surface area contributed by atoms with Gasteiger partial charge >= 0.3 is 5.97 Å². The van der Waals surface area contributed by atoms with Gasteiger partial charge in [-0.3, -0.25) is 4.68 Å². The van der Waals surface area contributed by atoms with Crippen LogP contribution in [0.3, 0.4) is 0 Å². The number of hydrogen-bond donors (Lipinski definition) is 1. The van der Waals surface area contributed by atoms with Crippen LogP contribution in [0.25, 0.3) is 0 Å². The Morgan fingerprint density at radius 3 is 2.45 bits per heavy atom. The highest BCUT2D eigenvalue weighted by atomic mass is 32.2. The van der Waals surface area contributed by atoms with E-state index >= 15 is 0 Å². The summed E-state index contributed by atoms with van der Waals surface area (Å²) >= 11 is 0. The number of benzene rings is 1. The maximum atomic E-state index is 12.1. The van der Waals surface area contributed by atoms with Gasteiger partial charge in [-0.1, -0.05) is 0 Å². The zero-order valence-corrected chi connectivity index (χ0v) is 11.7. The largest absolute Gasteiger partial charge is 0.478 e. The lowest BCUT2D eigenvalue weighted by Gasteiger charge is -2.05. The molecule has 7 heteroatoms. The summed E-state index contributed by atoms with van der Waals surface area (Å²) in [5.41, 5.74) is 1.03. The first-order valence-corrected chi connectivity index (χ1v) is 7.59. The highest BCUT2D eigenvalue weighted by molar-refractivity contribution is 7.91. The van der Waals surface area contributed by atoms with Crippen molar-refractivity contribution in [3.05, 3.63) is 47.8 Å². The molecule has 0 radical (unpaired) electrons. The number of hydrogen-bond acceptors (Lipinski definition) is 4. The number of aromatic carboxylic acids is 1. The topological polar surface area (TPSA) is 89.3 Å². The Hall–Kier alpha value is -2.15. The number of rotatable bonds is 5. The Morgan fingerprint density at radius 1 is 1.30 bits per heavy atom. The van der Waals surface area contributed by atoms with Crippen LogP contribution in [0.4, 0.5) is 0 Å². The summed E-state index contributed by atoms with van der Waals surface area (Å²) in [5, 5.41) is 12.8. The number of aryl methyl sites for hydroxylation is 2. The SMILES string of the molecule is Cc1cnn(CCS(=O)(=O)c2ccc(C(=O)O)cc2)c1. The van der Waals surface area contributed by atoms with Crippen LogP contribution in [-0.4, -0.2) is 35.0 Å². The van der Waals surface area contributed by atoms with Gasteiger partial charge < -0.3 is 5.11 Å². The van der Waals surface area contributed by atoms with Crippen LogP contribution in [0.15, 0.2) is 41.6 Å². The van der Waals surface area contributed by atoms with Gasteiger partial charge in [-0.25, -0.2) is 13.2 Å². The lowest BCUT2D eigenvalue weighted by molar-refractivity contribution is 0.0696. The predicted octanol–water partition coefficient (Wildman–Crippen LogP) is 1.36. The second kappa shape index (κ2) is 5.46. The highest BCUT2D eigenvalue weighted by Crippen LogP contribution is 2.13. The first-order valence-electron chi connectivity index (χ1n) is 5.94. The van der Waals surface area contributed by atoms with E-state index in [-0.39, 0.29) is 22.8 Å². The molecule has 0 saturated carbocycles. The van der Waals surface area contributed by atoms with Crippen LogP contribution in [0.5, 0.6) is 0 Å². The third-order valence-corrected chi connectivity index (χ3v) is 4.52. The molecule has 1 aromatic carbocycles. The molecule has 1 aromatic heterocycles.